The largest absolute Gasteiger partial charge is 0.296 e. The summed E-state index contributed by atoms with van der Waals surface area (Å²) < 4.78 is 23.2. The topological polar surface area (TPSA) is 51.5 Å². The average molecular weight is 329 g/mol. The first-order chi connectivity index (χ1) is 11.0. The first-order valence-corrected chi connectivity index (χ1v) is 9.67. The highest BCUT2D eigenvalue weighted by molar-refractivity contribution is 7.90. The molecule has 3 rings (SSSR count). The third-order valence-corrected chi connectivity index (χ3v) is 5.28. The van der Waals surface area contributed by atoms with Crippen molar-refractivity contribution in [1.29, 1.82) is 0 Å². The van der Waals surface area contributed by atoms with E-state index in [1.165, 1.54) is 11.8 Å². The van der Waals surface area contributed by atoms with E-state index >= 15 is 0 Å². The van der Waals surface area contributed by atoms with Gasteiger partial charge in [-0.3, -0.25) is 4.90 Å². The van der Waals surface area contributed by atoms with Crippen molar-refractivity contribution < 1.29 is 8.42 Å². The molecule has 2 aromatic rings. The Balaban J connectivity index is 1.87. The summed E-state index contributed by atoms with van der Waals surface area (Å²) in [4.78, 5) is 2.77. The van der Waals surface area contributed by atoms with Crippen LogP contribution in [0.25, 0.3) is 11.1 Å². The molecule has 1 aliphatic rings. The Hall–Kier alpha value is -1.69. The molecule has 0 aromatic heterocycles. The fraction of sp³-hybridized carbons (Fsp3) is 0.333. The van der Waals surface area contributed by atoms with Gasteiger partial charge in [0.25, 0.3) is 0 Å². The van der Waals surface area contributed by atoms with Crippen LogP contribution in [0, 0.1) is 0 Å². The Morgan fingerprint density at radius 1 is 1.00 bits per heavy atom. The fourth-order valence-corrected chi connectivity index (χ4v) is 3.50. The number of hydrogen-bond donors (Lipinski definition) is 0. The van der Waals surface area contributed by atoms with E-state index in [0.29, 0.717) is 4.90 Å². The zero-order chi connectivity index (χ0) is 16.3. The minimum Gasteiger partial charge on any atom is -0.296 e. The molecule has 1 heterocycles. The number of sulfone groups is 1. The van der Waals surface area contributed by atoms with Crippen LogP contribution < -0.4 is 5.32 Å². The van der Waals surface area contributed by atoms with E-state index in [9.17, 15) is 8.42 Å². The van der Waals surface area contributed by atoms with E-state index in [0.717, 1.165) is 43.9 Å². The van der Waals surface area contributed by atoms with E-state index in [-0.39, 0.29) is 0 Å². The van der Waals surface area contributed by atoms with Gasteiger partial charge in [0.1, 0.15) is 0 Å². The van der Waals surface area contributed by atoms with Crippen molar-refractivity contribution in [3.05, 3.63) is 54.1 Å². The van der Waals surface area contributed by atoms with Crippen molar-refractivity contribution in [1.82, 2.24) is 10.2 Å². The van der Waals surface area contributed by atoms with Crippen LogP contribution in [0.1, 0.15) is 5.56 Å². The first-order valence-electron chi connectivity index (χ1n) is 7.78. The molecule has 5 heteroatoms. The lowest BCUT2D eigenvalue weighted by Crippen LogP contribution is -2.39. The molecule has 2 aromatic carbocycles. The molecule has 121 valence electrons. The predicted octanol–water partition coefficient (Wildman–Crippen LogP) is 2.18. The van der Waals surface area contributed by atoms with Crippen LogP contribution >= 0.6 is 0 Å². The van der Waals surface area contributed by atoms with Crippen LogP contribution in [0.4, 0.5) is 0 Å². The van der Waals surface area contributed by atoms with Crippen LogP contribution in [0.15, 0.2) is 53.4 Å². The number of hydrogen-bond acceptors (Lipinski definition) is 3. The lowest BCUT2D eigenvalue weighted by molar-refractivity contribution is 0.231. The maximum atomic E-state index is 11.6. The van der Waals surface area contributed by atoms with Crippen LogP contribution in [0.3, 0.4) is 0 Å². The van der Waals surface area contributed by atoms with Gasteiger partial charge in [-0.25, -0.2) is 13.7 Å². The second-order valence-corrected chi connectivity index (χ2v) is 7.92. The molecule has 0 atom stereocenters. The van der Waals surface area contributed by atoms with E-state index < -0.39 is 9.84 Å². The first kappa shape index (κ1) is 16.2. The molecule has 1 fully saturated rings. The molecular weight excluding hydrogens is 308 g/mol. The predicted molar refractivity (Wildman–Crippen MR) is 92.1 cm³/mol. The lowest BCUT2D eigenvalue weighted by atomic mass is 9.99. The zero-order valence-corrected chi connectivity index (χ0v) is 14.1. The minimum atomic E-state index is -3.15. The van der Waals surface area contributed by atoms with E-state index in [2.05, 4.69) is 28.4 Å². The Morgan fingerprint density at radius 2 is 1.65 bits per heavy atom. The van der Waals surface area contributed by atoms with Crippen molar-refractivity contribution in [3.63, 3.8) is 0 Å². The molecule has 0 amide bonds. The second-order valence-electron chi connectivity index (χ2n) is 5.90. The van der Waals surface area contributed by atoms with Gasteiger partial charge in [-0.2, -0.15) is 0 Å². The van der Waals surface area contributed by atoms with Gasteiger partial charge in [0, 0.05) is 39.0 Å². The standard InChI is InChI=1S/C18H21N2O2S/c1-23(21,22)17-8-6-15(7-9-17)18-5-3-2-4-16(18)14-20-12-10-19-11-13-20/h2-9H,10-14H2,1H3. The van der Waals surface area contributed by atoms with Gasteiger partial charge in [-0.15, -0.1) is 0 Å². The quantitative estimate of drug-likeness (QED) is 0.864. The molecule has 23 heavy (non-hydrogen) atoms. The van der Waals surface area contributed by atoms with Crippen molar-refractivity contribution in [2.75, 3.05) is 32.4 Å². The molecule has 0 saturated carbocycles. The minimum absolute atomic E-state index is 0.358. The van der Waals surface area contributed by atoms with Gasteiger partial charge < -0.3 is 0 Å². The van der Waals surface area contributed by atoms with Crippen molar-refractivity contribution in [2.24, 2.45) is 0 Å². The summed E-state index contributed by atoms with van der Waals surface area (Å²) in [5, 5.41) is 4.38. The SMILES string of the molecule is CS(=O)(=O)c1ccc(-c2ccccc2CN2CC[N]CC2)cc1. The molecular formula is C18H21N2O2S. The zero-order valence-electron chi connectivity index (χ0n) is 13.3. The highest BCUT2D eigenvalue weighted by Crippen LogP contribution is 2.26. The Morgan fingerprint density at radius 3 is 2.30 bits per heavy atom. The van der Waals surface area contributed by atoms with Gasteiger partial charge in [0.05, 0.1) is 4.90 Å². The van der Waals surface area contributed by atoms with Gasteiger partial charge in [0.2, 0.25) is 0 Å². The fourth-order valence-electron chi connectivity index (χ4n) is 2.87. The second kappa shape index (κ2) is 6.83. The summed E-state index contributed by atoms with van der Waals surface area (Å²) in [6.45, 7) is 4.72. The Kier molecular flexibility index (Phi) is 4.80. The number of rotatable bonds is 4. The molecule has 4 nitrogen and oxygen atoms in total. The van der Waals surface area contributed by atoms with Crippen LogP contribution in [0.2, 0.25) is 0 Å². The molecule has 0 aliphatic carbocycles. The summed E-state index contributed by atoms with van der Waals surface area (Å²) in [6.07, 6.45) is 1.23. The van der Waals surface area contributed by atoms with Crippen molar-refractivity contribution >= 4 is 9.84 Å². The van der Waals surface area contributed by atoms with E-state index in [4.69, 9.17) is 0 Å². The summed E-state index contributed by atoms with van der Waals surface area (Å²) in [7, 11) is -3.15. The molecule has 1 aliphatic heterocycles. The molecule has 1 saturated heterocycles. The summed E-state index contributed by atoms with van der Waals surface area (Å²) in [5.74, 6) is 0. The monoisotopic (exact) mass is 329 g/mol. The van der Waals surface area contributed by atoms with Crippen molar-refractivity contribution in [3.8, 4) is 11.1 Å². The van der Waals surface area contributed by atoms with Crippen LogP contribution in [0.5, 0.6) is 0 Å². The van der Waals surface area contributed by atoms with Crippen molar-refractivity contribution in [2.45, 2.75) is 11.4 Å². The third kappa shape index (κ3) is 3.99. The van der Waals surface area contributed by atoms with Crippen LogP contribution in [-0.2, 0) is 16.4 Å². The smallest absolute Gasteiger partial charge is 0.175 e. The maximum absolute atomic E-state index is 11.6. The lowest BCUT2D eigenvalue weighted by Gasteiger charge is -2.27. The summed E-state index contributed by atoms with van der Waals surface area (Å²) in [5.41, 5.74) is 3.48. The van der Waals surface area contributed by atoms with Gasteiger partial charge in [-0.1, -0.05) is 36.4 Å². The normalized spacial score (nSPS) is 16.4. The molecule has 0 unspecified atom stereocenters. The maximum Gasteiger partial charge on any atom is 0.175 e. The number of nitrogens with zero attached hydrogens (tertiary/aromatic N) is 2. The molecule has 0 N–H and O–H groups in total. The van der Waals surface area contributed by atoms with E-state index in [1.807, 2.05) is 18.2 Å². The highest BCUT2D eigenvalue weighted by Gasteiger charge is 2.14. The van der Waals surface area contributed by atoms with E-state index in [1.54, 1.807) is 12.1 Å². The summed E-state index contributed by atoms with van der Waals surface area (Å²) >= 11 is 0. The van der Waals surface area contributed by atoms with Gasteiger partial charge in [0.15, 0.2) is 9.84 Å². The van der Waals surface area contributed by atoms with Gasteiger partial charge in [-0.05, 0) is 28.8 Å². The molecule has 0 bridgehead atoms. The number of benzene rings is 2. The van der Waals surface area contributed by atoms with Gasteiger partial charge >= 0.3 is 0 Å². The summed E-state index contributed by atoms with van der Waals surface area (Å²) in [6, 6.07) is 15.5. The molecule has 0 spiro atoms. The number of piperazine rings is 1. The Bertz CT molecular complexity index is 764. The highest BCUT2D eigenvalue weighted by atomic mass is 32.2. The third-order valence-electron chi connectivity index (χ3n) is 4.15. The van der Waals surface area contributed by atoms with Crippen LogP contribution in [-0.4, -0.2) is 45.8 Å². The average Bonchev–Trinajstić information content (AvgIpc) is 2.56. The molecule has 1 radical (unpaired) electrons. The Labute approximate surface area is 138 Å².